The van der Waals surface area contributed by atoms with E-state index >= 15 is 0 Å². The van der Waals surface area contributed by atoms with Crippen LogP contribution < -0.4 is 0 Å². The van der Waals surface area contributed by atoms with Gasteiger partial charge in [0.25, 0.3) is 0 Å². The zero-order valence-electron chi connectivity index (χ0n) is 36.8. The first-order valence-corrected chi connectivity index (χ1v) is 20.1. The Morgan fingerprint density at radius 1 is 0.650 bits per heavy atom. The van der Waals surface area contributed by atoms with Crippen molar-refractivity contribution in [3.05, 3.63) is 0 Å². The second-order valence-corrected chi connectivity index (χ2v) is 15.8. The van der Waals surface area contributed by atoms with Crippen LogP contribution in [-0.4, -0.2) is 162 Å². The molecule has 19 atom stereocenters. The molecule has 3 rings (SSSR count). The molecule has 3 fully saturated rings. The van der Waals surface area contributed by atoms with E-state index in [1.807, 2.05) is 13.8 Å². The number of esters is 5. The van der Waals surface area contributed by atoms with E-state index in [4.69, 9.17) is 61.6 Å². The van der Waals surface area contributed by atoms with Crippen LogP contribution in [0.15, 0.2) is 0 Å². The van der Waals surface area contributed by atoms with Gasteiger partial charge in [0.15, 0.2) is 37.4 Å². The molecule has 3 saturated heterocycles. The molecule has 3 heterocycles. The summed E-state index contributed by atoms with van der Waals surface area (Å²) in [7, 11) is 5.18. The molecular formula is C40H66O20. The molecule has 0 spiro atoms. The molecule has 346 valence electrons. The normalized spacial score (nSPS) is 36.5. The lowest BCUT2D eigenvalue weighted by molar-refractivity contribution is -0.348. The van der Waals surface area contributed by atoms with Gasteiger partial charge >= 0.3 is 29.8 Å². The number of carbonyl (C=O) groups excluding carboxylic acids is 5. The van der Waals surface area contributed by atoms with Gasteiger partial charge in [0.2, 0.25) is 0 Å². The number of aliphatic hydroxyl groups is 2. The van der Waals surface area contributed by atoms with Gasteiger partial charge in [-0.3, -0.25) is 19.2 Å². The van der Waals surface area contributed by atoms with E-state index in [0.717, 1.165) is 7.11 Å². The van der Waals surface area contributed by atoms with E-state index in [-0.39, 0.29) is 25.0 Å². The standard InChI is InChI=1S/C40H66O20/c1-17-19(3)39(60-35(30(17)45)37(47)50-12)59-33-21(5)34(54-25(9)43)40(57-28(33)16-53-24(8)42)55-26(14-29(44)48-10)31(49-11)22(6)36(46)58-32-18(2)20(4)38(51-13)56-27(32)15-52-23(7)41/h17-22,26-28,30-36,38-40,45-46H,14-16H2,1-13H3/t17-,18-,19?,20?,21+,22?,26+,27?,28?,30+,31+,32+,33+,34?,35?,36+,38+,39-,40-/m1/s1. The van der Waals surface area contributed by atoms with E-state index in [2.05, 4.69) is 0 Å². The van der Waals surface area contributed by atoms with Gasteiger partial charge in [0, 0.05) is 58.7 Å². The monoisotopic (exact) mass is 866 g/mol. The quantitative estimate of drug-likeness (QED) is 0.105. The largest absolute Gasteiger partial charge is 0.469 e. The smallest absolute Gasteiger partial charge is 0.337 e. The summed E-state index contributed by atoms with van der Waals surface area (Å²) in [5.41, 5.74) is 0. The maximum Gasteiger partial charge on any atom is 0.337 e. The number of carbonyl (C=O) groups is 5. The highest BCUT2D eigenvalue weighted by atomic mass is 16.8. The minimum atomic E-state index is -1.57. The number of rotatable bonds is 19. The number of methoxy groups -OCH3 is 4. The summed E-state index contributed by atoms with van der Waals surface area (Å²) in [4.78, 5) is 61.9. The maximum atomic E-state index is 12.9. The lowest BCUT2D eigenvalue weighted by Gasteiger charge is -2.48. The fraction of sp³-hybridized carbons (Fsp3) is 0.875. The molecule has 7 unspecified atom stereocenters. The van der Waals surface area contributed by atoms with Crippen molar-refractivity contribution in [2.24, 2.45) is 35.5 Å². The van der Waals surface area contributed by atoms with E-state index < -0.39 is 140 Å². The van der Waals surface area contributed by atoms with Crippen LogP contribution in [0.2, 0.25) is 0 Å². The van der Waals surface area contributed by atoms with Crippen LogP contribution >= 0.6 is 0 Å². The number of hydrogen-bond donors (Lipinski definition) is 2. The van der Waals surface area contributed by atoms with E-state index in [9.17, 15) is 34.2 Å². The zero-order chi connectivity index (χ0) is 45.2. The SMILES string of the molecule is COC(=O)C[C@H](O[C@@H]1OC(COC(C)=O)[C@@H](O[C@@H]2OC(C(=O)OC)[C@@H](O)[C@H](C)C2C)[C@H](C)C1OC(C)=O)[C@@H](OC)C(C)[C@@H](O)O[C@@H]1C(COC(C)=O)O[C@H](OC)C(C)[C@H]1C. The van der Waals surface area contributed by atoms with Crippen molar-refractivity contribution in [2.45, 2.75) is 149 Å². The second kappa shape index (κ2) is 23.4. The highest BCUT2D eigenvalue weighted by Gasteiger charge is 2.53. The predicted molar refractivity (Wildman–Crippen MR) is 203 cm³/mol. The third kappa shape index (κ3) is 13.0. The number of ether oxygens (including phenoxy) is 13. The summed E-state index contributed by atoms with van der Waals surface area (Å²) >= 11 is 0. The van der Waals surface area contributed by atoms with E-state index in [0.29, 0.717) is 0 Å². The van der Waals surface area contributed by atoms with Crippen LogP contribution in [0.25, 0.3) is 0 Å². The lowest BCUT2D eigenvalue weighted by Crippen LogP contribution is -2.61. The van der Waals surface area contributed by atoms with Gasteiger partial charge in [0.05, 0.1) is 51.2 Å². The van der Waals surface area contributed by atoms with Crippen molar-refractivity contribution in [3.8, 4) is 0 Å². The van der Waals surface area contributed by atoms with Crippen LogP contribution in [0.3, 0.4) is 0 Å². The first kappa shape index (κ1) is 51.3. The van der Waals surface area contributed by atoms with Crippen molar-refractivity contribution in [1.29, 1.82) is 0 Å². The van der Waals surface area contributed by atoms with Gasteiger partial charge in [-0.2, -0.15) is 0 Å². The maximum absolute atomic E-state index is 12.9. The van der Waals surface area contributed by atoms with Crippen LogP contribution in [0.5, 0.6) is 0 Å². The Hall–Kier alpha value is -3.05. The number of aliphatic hydroxyl groups excluding tert-OH is 2. The first-order chi connectivity index (χ1) is 28.2. The van der Waals surface area contributed by atoms with Crippen LogP contribution in [0, 0.1) is 35.5 Å². The molecule has 0 aliphatic carbocycles. The number of hydrogen-bond acceptors (Lipinski definition) is 20. The minimum absolute atomic E-state index is 0.174. The Kier molecular flexibility index (Phi) is 20.0. The van der Waals surface area contributed by atoms with Crippen LogP contribution in [0.4, 0.5) is 0 Å². The summed E-state index contributed by atoms with van der Waals surface area (Å²) in [6, 6.07) is 0. The van der Waals surface area contributed by atoms with Gasteiger partial charge in [-0.25, -0.2) is 4.79 Å². The van der Waals surface area contributed by atoms with Gasteiger partial charge in [0.1, 0.15) is 25.4 Å². The summed E-state index contributed by atoms with van der Waals surface area (Å²) in [6.45, 7) is 13.7. The topological polar surface area (TPSA) is 246 Å². The summed E-state index contributed by atoms with van der Waals surface area (Å²) in [5.74, 6) is -6.58. The predicted octanol–water partition coefficient (Wildman–Crippen LogP) is 1.27. The zero-order valence-corrected chi connectivity index (χ0v) is 36.8. The fourth-order valence-electron chi connectivity index (χ4n) is 7.80. The van der Waals surface area contributed by atoms with Crippen molar-refractivity contribution in [3.63, 3.8) is 0 Å². The third-order valence-corrected chi connectivity index (χ3v) is 11.8. The third-order valence-electron chi connectivity index (χ3n) is 11.8. The Morgan fingerprint density at radius 3 is 1.73 bits per heavy atom. The van der Waals surface area contributed by atoms with Crippen molar-refractivity contribution in [1.82, 2.24) is 0 Å². The molecule has 0 saturated carbocycles. The van der Waals surface area contributed by atoms with Gasteiger partial charge in [-0.1, -0.05) is 41.5 Å². The van der Waals surface area contributed by atoms with Crippen molar-refractivity contribution < 1.29 is 95.8 Å². The molecule has 0 aromatic heterocycles. The highest BCUT2D eigenvalue weighted by Crippen LogP contribution is 2.39. The van der Waals surface area contributed by atoms with Gasteiger partial charge < -0.3 is 71.8 Å². The molecule has 20 heteroatoms. The van der Waals surface area contributed by atoms with Crippen molar-refractivity contribution >= 4 is 29.8 Å². The first-order valence-electron chi connectivity index (χ1n) is 20.1. The minimum Gasteiger partial charge on any atom is -0.469 e. The lowest BCUT2D eigenvalue weighted by atomic mass is 9.84. The van der Waals surface area contributed by atoms with Crippen LogP contribution in [-0.2, 0) is 85.6 Å². The Bertz CT molecular complexity index is 1410. The summed E-state index contributed by atoms with van der Waals surface area (Å²) in [6.07, 6.45) is -15.1. The van der Waals surface area contributed by atoms with E-state index in [1.54, 1.807) is 27.7 Å². The molecule has 2 N–H and O–H groups in total. The van der Waals surface area contributed by atoms with Gasteiger partial charge in [-0.15, -0.1) is 0 Å². The second-order valence-electron chi connectivity index (χ2n) is 15.8. The molecule has 60 heavy (non-hydrogen) atoms. The average Bonchev–Trinajstić information content (AvgIpc) is 3.20. The Morgan fingerprint density at radius 2 is 1.22 bits per heavy atom. The molecule has 20 nitrogen and oxygen atoms in total. The van der Waals surface area contributed by atoms with Crippen molar-refractivity contribution in [2.75, 3.05) is 41.7 Å². The summed E-state index contributed by atoms with van der Waals surface area (Å²) < 4.78 is 75.2. The Labute approximate surface area is 351 Å². The van der Waals surface area contributed by atoms with E-state index in [1.165, 1.54) is 42.1 Å². The highest BCUT2D eigenvalue weighted by molar-refractivity contribution is 5.75. The molecule has 0 amide bonds. The molecule has 0 radical (unpaired) electrons. The average molecular weight is 867 g/mol. The molecule has 0 aromatic carbocycles. The Balaban J connectivity index is 1.97. The van der Waals surface area contributed by atoms with Crippen LogP contribution in [0.1, 0.15) is 68.7 Å². The van der Waals surface area contributed by atoms with Gasteiger partial charge in [-0.05, 0) is 11.8 Å². The molecule has 3 aliphatic rings. The molecular weight excluding hydrogens is 800 g/mol. The fourth-order valence-corrected chi connectivity index (χ4v) is 7.80. The molecule has 0 aromatic rings. The molecule has 3 aliphatic heterocycles. The molecule has 0 bridgehead atoms. The summed E-state index contributed by atoms with van der Waals surface area (Å²) in [5, 5.41) is 22.4.